The number of carbonyl (C=O) groups excluding carboxylic acids is 3. The predicted molar refractivity (Wildman–Crippen MR) is 78.2 cm³/mol. The molecule has 0 aromatic heterocycles. The number of nitrogens with two attached hydrogens (primary N) is 1. The Morgan fingerprint density at radius 3 is 2.52 bits per heavy atom. The average molecular weight is 324 g/mol. The first-order chi connectivity index (χ1) is 10.9. The molecule has 0 unspecified atom stereocenters. The number of carbonyl (C=O) groups is 3. The molecule has 1 saturated carbocycles. The highest BCUT2D eigenvalue weighted by Crippen LogP contribution is 2.24. The van der Waals surface area contributed by atoms with Gasteiger partial charge in [0.2, 0.25) is 11.8 Å². The van der Waals surface area contributed by atoms with Crippen molar-refractivity contribution in [2.24, 2.45) is 11.7 Å². The van der Waals surface area contributed by atoms with Gasteiger partial charge in [-0.15, -0.1) is 0 Å². The number of benzene rings is 1. The van der Waals surface area contributed by atoms with Crippen LogP contribution in [0.3, 0.4) is 0 Å². The van der Waals surface area contributed by atoms with Gasteiger partial charge in [0.1, 0.15) is 23.5 Å². The Kier molecular flexibility index (Phi) is 5.41. The molecule has 2 rings (SSSR count). The van der Waals surface area contributed by atoms with Gasteiger partial charge in [0.15, 0.2) is 0 Å². The first-order valence-electron chi connectivity index (χ1n) is 7.41. The van der Waals surface area contributed by atoms with Gasteiger partial charge in [-0.1, -0.05) is 6.07 Å². The highest BCUT2D eigenvalue weighted by atomic mass is 19.1. The van der Waals surface area contributed by atoms with E-state index in [0.717, 1.165) is 12.1 Å². The van der Waals surface area contributed by atoms with Crippen LogP contribution in [-0.4, -0.2) is 23.6 Å². The number of primary amides is 1. The van der Waals surface area contributed by atoms with Gasteiger partial charge in [-0.05, 0) is 30.9 Å². The van der Waals surface area contributed by atoms with Crippen LogP contribution in [-0.2, 0) is 20.8 Å². The van der Waals surface area contributed by atoms with Crippen molar-refractivity contribution >= 4 is 17.6 Å². The minimum atomic E-state index is -1.01. The smallest absolute Gasteiger partial charge is 0.240 e. The van der Waals surface area contributed by atoms with Crippen LogP contribution in [0.4, 0.5) is 8.78 Å². The molecule has 23 heavy (non-hydrogen) atoms. The maximum atomic E-state index is 13.6. The molecule has 0 spiro atoms. The third kappa shape index (κ3) is 4.34. The maximum absolute atomic E-state index is 13.6. The molecular weight excluding hydrogens is 306 g/mol. The maximum Gasteiger partial charge on any atom is 0.240 e. The monoisotopic (exact) mass is 324 g/mol. The normalized spacial score (nSPS) is 19.2. The molecule has 0 saturated heterocycles. The van der Waals surface area contributed by atoms with Crippen LogP contribution >= 0.6 is 0 Å². The van der Waals surface area contributed by atoms with Crippen molar-refractivity contribution in [2.75, 3.05) is 0 Å². The van der Waals surface area contributed by atoms with Gasteiger partial charge < -0.3 is 11.1 Å². The van der Waals surface area contributed by atoms with Gasteiger partial charge >= 0.3 is 0 Å². The Balaban J connectivity index is 2.06. The fourth-order valence-corrected chi connectivity index (χ4v) is 2.85. The fraction of sp³-hybridized carbons (Fsp3) is 0.438. The number of amides is 2. The van der Waals surface area contributed by atoms with Crippen LogP contribution in [0, 0.1) is 17.6 Å². The van der Waals surface area contributed by atoms with Crippen molar-refractivity contribution in [3.8, 4) is 0 Å². The second-order valence-electron chi connectivity index (χ2n) is 5.72. The van der Waals surface area contributed by atoms with Crippen molar-refractivity contribution in [3.63, 3.8) is 0 Å². The highest BCUT2D eigenvalue weighted by molar-refractivity contribution is 5.89. The van der Waals surface area contributed by atoms with Gasteiger partial charge in [0, 0.05) is 18.4 Å². The Bertz CT molecular complexity index is 614. The Labute approximate surface area is 132 Å². The molecule has 124 valence electrons. The van der Waals surface area contributed by atoms with E-state index in [1.54, 1.807) is 0 Å². The summed E-state index contributed by atoms with van der Waals surface area (Å²) < 4.78 is 27.1. The zero-order valence-electron chi connectivity index (χ0n) is 12.5. The number of hydrogen-bond acceptors (Lipinski definition) is 3. The molecule has 0 aliphatic heterocycles. The van der Waals surface area contributed by atoms with E-state index in [1.807, 2.05) is 0 Å². The summed E-state index contributed by atoms with van der Waals surface area (Å²) in [4.78, 5) is 35.1. The van der Waals surface area contributed by atoms with E-state index in [9.17, 15) is 23.2 Å². The second-order valence-corrected chi connectivity index (χ2v) is 5.72. The number of halogens is 2. The van der Waals surface area contributed by atoms with E-state index >= 15 is 0 Å². The minimum absolute atomic E-state index is 0.0156. The third-order valence-corrected chi connectivity index (χ3v) is 4.01. The molecule has 0 heterocycles. The lowest BCUT2D eigenvalue weighted by atomic mass is 9.82. The molecule has 5 nitrogen and oxygen atoms in total. The average Bonchev–Trinajstić information content (AvgIpc) is 2.48. The number of nitrogens with one attached hydrogen (secondary N) is 1. The topological polar surface area (TPSA) is 89.3 Å². The standard InChI is InChI=1S/C16H18F2N2O3/c17-12-5-2-6-13(18)11(12)8-14(22)20-15(16(19)23)9-3-1-4-10(21)7-9/h2,5-6,9,15H,1,3-4,7-8H2,(H2,19,23)(H,20,22)/t9-,15-/m0/s1. The number of Topliss-reactive ketones (excluding diaryl/α,β-unsaturated/α-hetero) is 1. The minimum Gasteiger partial charge on any atom is -0.368 e. The van der Waals surface area contributed by atoms with Crippen LogP contribution in [0.25, 0.3) is 0 Å². The summed E-state index contributed by atoms with van der Waals surface area (Å²) in [5.74, 6) is -3.49. The van der Waals surface area contributed by atoms with E-state index in [4.69, 9.17) is 5.73 Å². The third-order valence-electron chi connectivity index (χ3n) is 4.01. The lowest BCUT2D eigenvalue weighted by molar-refractivity contribution is -0.130. The summed E-state index contributed by atoms with van der Waals surface area (Å²) in [7, 11) is 0. The summed E-state index contributed by atoms with van der Waals surface area (Å²) in [5, 5.41) is 2.41. The first-order valence-corrected chi connectivity index (χ1v) is 7.41. The Morgan fingerprint density at radius 2 is 1.96 bits per heavy atom. The SMILES string of the molecule is NC(=O)[C@@H](NC(=O)Cc1c(F)cccc1F)[C@H]1CCCC(=O)C1. The number of rotatable bonds is 5. The van der Waals surface area contributed by atoms with Crippen molar-refractivity contribution in [3.05, 3.63) is 35.4 Å². The molecule has 2 atom stereocenters. The van der Waals surface area contributed by atoms with Crippen LogP contribution in [0.2, 0.25) is 0 Å². The summed E-state index contributed by atoms with van der Waals surface area (Å²) >= 11 is 0. The van der Waals surface area contributed by atoms with E-state index < -0.39 is 35.9 Å². The fourth-order valence-electron chi connectivity index (χ4n) is 2.85. The molecule has 0 bridgehead atoms. The summed E-state index contributed by atoms with van der Waals surface area (Å²) in [6, 6.07) is 2.29. The van der Waals surface area contributed by atoms with Crippen LogP contribution < -0.4 is 11.1 Å². The molecule has 1 aromatic rings. The molecule has 1 fully saturated rings. The lowest BCUT2D eigenvalue weighted by Crippen LogP contribution is -2.50. The molecule has 2 amide bonds. The van der Waals surface area contributed by atoms with Gasteiger partial charge in [-0.2, -0.15) is 0 Å². The molecule has 0 radical (unpaired) electrons. The lowest BCUT2D eigenvalue weighted by Gasteiger charge is -2.28. The Morgan fingerprint density at radius 1 is 1.30 bits per heavy atom. The van der Waals surface area contributed by atoms with Crippen molar-refractivity contribution in [1.82, 2.24) is 5.32 Å². The summed E-state index contributed by atoms with van der Waals surface area (Å²) in [6.07, 6.45) is 1.31. The van der Waals surface area contributed by atoms with E-state index in [2.05, 4.69) is 5.32 Å². The van der Waals surface area contributed by atoms with E-state index in [-0.39, 0.29) is 23.7 Å². The van der Waals surface area contributed by atoms with Gasteiger partial charge in [0.05, 0.1) is 6.42 Å². The largest absolute Gasteiger partial charge is 0.368 e. The van der Waals surface area contributed by atoms with Gasteiger partial charge in [0.25, 0.3) is 0 Å². The van der Waals surface area contributed by atoms with Crippen LogP contribution in [0.15, 0.2) is 18.2 Å². The van der Waals surface area contributed by atoms with Crippen molar-refractivity contribution < 1.29 is 23.2 Å². The van der Waals surface area contributed by atoms with Gasteiger partial charge in [-0.25, -0.2) is 8.78 Å². The molecule has 1 aliphatic rings. The molecule has 7 heteroatoms. The van der Waals surface area contributed by atoms with Gasteiger partial charge in [-0.3, -0.25) is 14.4 Å². The highest BCUT2D eigenvalue weighted by Gasteiger charge is 2.32. The van der Waals surface area contributed by atoms with E-state index in [0.29, 0.717) is 19.3 Å². The van der Waals surface area contributed by atoms with Crippen LogP contribution in [0.1, 0.15) is 31.2 Å². The molecular formula is C16H18F2N2O3. The van der Waals surface area contributed by atoms with Crippen molar-refractivity contribution in [2.45, 2.75) is 38.1 Å². The zero-order valence-corrected chi connectivity index (χ0v) is 12.5. The quantitative estimate of drug-likeness (QED) is 0.854. The number of ketones is 1. The predicted octanol–water partition coefficient (Wildman–Crippen LogP) is 1.24. The van der Waals surface area contributed by atoms with Crippen LogP contribution in [0.5, 0.6) is 0 Å². The molecule has 1 aromatic carbocycles. The summed E-state index contributed by atoms with van der Waals surface area (Å²) in [6.45, 7) is 0. The molecule has 3 N–H and O–H groups in total. The first kappa shape index (κ1) is 17.1. The second kappa shape index (κ2) is 7.30. The summed E-state index contributed by atoms with van der Waals surface area (Å²) in [5.41, 5.74) is 4.93. The Hall–Kier alpha value is -2.31. The van der Waals surface area contributed by atoms with E-state index in [1.165, 1.54) is 6.07 Å². The van der Waals surface area contributed by atoms with Crippen molar-refractivity contribution in [1.29, 1.82) is 0 Å². The molecule has 1 aliphatic carbocycles. The zero-order chi connectivity index (χ0) is 17.0. The number of hydrogen-bond donors (Lipinski definition) is 2.